The van der Waals surface area contributed by atoms with Crippen LogP contribution >= 0.6 is 0 Å². The van der Waals surface area contributed by atoms with Gasteiger partial charge in [-0.25, -0.2) is 0 Å². The van der Waals surface area contributed by atoms with E-state index in [2.05, 4.69) is 45.1 Å². The summed E-state index contributed by atoms with van der Waals surface area (Å²) in [4.78, 5) is 37.9. The molecule has 0 aliphatic rings. The number of carbonyl (C=O) groups excluding carboxylic acids is 3. The second kappa shape index (κ2) is 49.7. The molecule has 0 N–H and O–H groups in total. The van der Waals surface area contributed by atoms with Crippen LogP contribution in [0.3, 0.4) is 0 Å². The first kappa shape index (κ1) is 58.1. The van der Waals surface area contributed by atoms with Gasteiger partial charge in [-0.05, 0) is 57.8 Å². The highest BCUT2D eigenvalue weighted by atomic mass is 16.6. The van der Waals surface area contributed by atoms with E-state index in [4.69, 9.17) is 14.2 Å². The third-order valence-electron chi connectivity index (χ3n) is 10.2. The molecule has 6 heteroatoms. The molecule has 0 saturated heterocycles. The van der Waals surface area contributed by atoms with Gasteiger partial charge in [0.05, 0.1) is 0 Å². The van der Waals surface area contributed by atoms with Crippen LogP contribution < -0.4 is 0 Å². The highest BCUT2D eigenvalue weighted by molar-refractivity contribution is 5.71. The minimum absolute atomic E-state index is 0.109. The zero-order valence-corrected chi connectivity index (χ0v) is 39.8. The monoisotopic (exact) mass is 859 g/mol. The van der Waals surface area contributed by atoms with Gasteiger partial charge in [0.15, 0.2) is 6.10 Å². The molecule has 0 bridgehead atoms. The summed E-state index contributed by atoms with van der Waals surface area (Å²) in [5.41, 5.74) is 0. The highest BCUT2D eigenvalue weighted by Gasteiger charge is 2.19. The summed E-state index contributed by atoms with van der Waals surface area (Å²) in [5, 5.41) is 0. The Bertz CT molecular complexity index is 1310. The summed E-state index contributed by atoms with van der Waals surface area (Å²) in [6.45, 7) is 6.27. The number of hydrogen-bond donors (Lipinski definition) is 0. The maximum atomic E-state index is 12.8. The molecule has 6 nitrogen and oxygen atoms in total. The van der Waals surface area contributed by atoms with Gasteiger partial charge < -0.3 is 14.2 Å². The lowest BCUT2D eigenvalue weighted by atomic mass is 10.0. The molecule has 0 spiro atoms. The van der Waals surface area contributed by atoms with E-state index < -0.39 is 6.10 Å². The third kappa shape index (κ3) is 47.1. The molecule has 0 rings (SSSR count). The maximum Gasteiger partial charge on any atom is 0.306 e. The van der Waals surface area contributed by atoms with Crippen molar-refractivity contribution in [2.24, 2.45) is 0 Å². The summed E-state index contributed by atoms with van der Waals surface area (Å²) in [6, 6.07) is 0. The number of unbranched alkanes of at least 4 members (excludes halogenated alkanes) is 21. The summed E-state index contributed by atoms with van der Waals surface area (Å²) < 4.78 is 16.7. The van der Waals surface area contributed by atoms with Crippen molar-refractivity contribution >= 4 is 17.9 Å². The van der Waals surface area contributed by atoms with E-state index in [0.717, 1.165) is 77.0 Å². The summed E-state index contributed by atoms with van der Waals surface area (Å²) in [7, 11) is 0. The van der Waals surface area contributed by atoms with Crippen LogP contribution in [-0.2, 0) is 28.6 Å². The lowest BCUT2D eigenvalue weighted by Crippen LogP contribution is -2.30. The molecule has 62 heavy (non-hydrogen) atoms. The molecule has 0 amide bonds. The Morgan fingerprint density at radius 2 is 0.629 bits per heavy atom. The van der Waals surface area contributed by atoms with Crippen molar-refractivity contribution in [2.45, 2.75) is 213 Å². The second-order valence-corrected chi connectivity index (χ2v) is 16.2. The van der Waals surface area contributed by atoms with E-state index in [9.17, 15) is 14.4 Å². The van der Waals surface area contributed by atoms with Crippen LogP contribution in [0.15, 0.2) is 109 Å². The normalized spacial score (nSPS) is 13.0. The first-order valence-corrected chi connectivity index (χ1v) is 25.0. The van der Waals surface area contributed by atoms with Crippen LogP contribution in [0.25, 0.3) is 0 Å². The van der Waals surface area contributed by atoms with E-state index in [1.807, 2.05) is 85.1 Å². The number of hydrogen-bond acceptors (Lipinski definition) is 6. The Hall–Kier alpha value is -3.93. The molecular formula is C56H90O6. The average molecular weight is 859 g/mol. The predicted octanol–water partition coefficient (Wildman–Crippen LogP) is 16.4. The molecule has 1 atom stereocenters. The van der Waals surface area contributed by atoms with Crippen LogP contribution in [0.2, 0.25) is 0 Å². The second-order valence-electron chi connectivity index (χ2n) is 16.2. The molecular weight excluding hydrogens is 769 g/mol. The molecule has 0 aromatic carbocycles. The van der Waals surface area contributed by atoms with Crippen molar-refractivity contribution in [3.63, 3.8) is 0 Å². The number of carbonyl (C=O) groups is 3. The smallest absolute Gasteiger partial charge is 0.306 e. The molecule has 350 valence electrons. The van der Waals surface area contributed by atoms with Crippen molar-refractivity contribution < 1.29 is 28.6 Å². The Labute approximate surface area is 380 Å². The molecule has 0 aromatic heterocycles. The maximum absolute atomic E-state index is 12.8. The van der Waals surface area contributed by atoms with E-state index in [1.165, 1.54) is 83.5 Å². The lowest BCUT2D eigenvalue weighted by Gasteiger charge is -2.18. The fourth-order valence-electron chi connectivity index (χ4n) is 6.53. The van der Waals surface area contributed by atoms with Gasteiger partial charge in [-0.15, -0.1) is 0 Å². The number of esters is 3. The Morgan fingerprint density at radius 1 is 0.339 bits per heavy atom. The Kier molecular flexibility index (Phi) is 46.6. The van der Waals surface area contributed by atoms with Crippen molar-refractivity contribution in [2.75, 3.05) is 13.2 Å². The summed E-state index contributed by atoms with van der Waals surface area (Å²) >= 11 is 0. The minimum atomic E-state index is -0.816. The predicted molar refractivity (Wildman–Crippen MR) is 265 cm³/mol. The fraction of sp³-hybridized carbons (Fsp3) is 0.625. The molecule has 0 aliphatic carbocycles. The molecule has 0 saturated carbocycles. The molecule has 0 aromatic rings. The van der Waals surface area contributed by atoms with Gasteiger partial charge in [-0.2, -0.15) is 0 Å². The van der Waals surface area contributed by atoms with Crippen LogP contribution in [0.4, 0.5) is 0 Å². The van der Waals surface area contributed by atoms with Crippen LogP contribution in [0.5, 0.6) is 0 Å². The van der Waals surface area contributed by atoms with E-state index in [-0.39, 0.29) is 37.5 Å². The molecule has 0 radical (unpaired) electrons. The molecule has 1 unspecified atom stereocenters. The van der Waals surface area contributed by atoms with Gasteiger partial charge in [-0.3, -0.25) is 14.4 Å². The summed E-state index contributed by atoms with van der Waals surface area (Å²) in [5.74, 6) is -0.997. The minimum Gasteiger partial charge on any atom is -0.462 e. The first-order valence-electron chi connectivity index (χ1n) is 25.0. The SMILES string of the molecule is CC\C=C/C=C\C=C/C=C\C=C/CCCCCC(=O)OC(COC(=O)CCCCC\C=C/C=C\C=C/C=C\CC)COC(=O)CCCCCCCCCCCCCCCCCC. The van der Waals surface area contributed by atoms with Gasteiger partial charge in [0.1, 0.15) is 13.2 Å². The fourth-order valence-corrected chi connectivity index (χ4v) is 6.53. The van der Waals surface area contributed by atoms with E-state index in [0.29, 0.717) is 19.3 Å². The van der Waals surface area contributed by atoms with Gasteiger partial charge >= 0.3 is 17.9 Å². The standard InChI is InChI=1S/C56H90O6/c1-4-7-10-13-16-19-22-25-27-29-31-34-37-40-43-46-49-55(58)61-52-53(51-60-54(57)48-45-42-39-36-33-30-24-21-18-15-12-9-6-3)62-56(59)50-47-44-41-38-35-32-28-26-23-20-17-14-11-8-5-2/h8-9,11-12,14-15,17-18,20-21,23-24,26,28,30,32-33,35,53H,4-7,10,13,16,19,22,25,27,29,31,34,36-52H2,1-3H3/b11-8-,12-9-,17-14-,18-15-,23-20-,24-21-,28-26-,33-30-,35-32-. The van der Waals surface area contributed by atoms with E-state index in [1.54, 1.807) is 0 Å². The largest absolute Gasteiger partial charge is 0.462 e. The van der Waals surface area contributed by atoms with Crippen molar-refractivity contribution in [1.82, 2.24) is 0 Å². The van der Waals surface area contributed by atoms with Crippen molar-refractivity contribution in [3.05, 3.63) is 109 Å². The van der Waals surface area contributed by atoms with Gasteiger partial charge in [0.2, 0.25) is 0 Å². The highest BCUT2D eigenvalue weighted by Crippen LogP contribution is 2.15. The third-order valence-corrected chi connectivity index (χ3v) is 10.2. The van der Waals surface area contributed by atoms with Crippen molar-refractivity contribution in [3.8, 4) is 0 Å². The Morgan fingerprint density at radius 3 is 0.984 bits per heavy atom. The number of ether oxygens (including phenoxy) is 3. The number of rotatable bonds is 43. The van der Waals surface area contributed by atoms with Gasteiger partial charge in [0, 0.05) is 19.3 Å². The van der Waals surface area contributed by atoms with Gasteiger partial charge in [-0.1, -0.05) is 239 Å². The Balaban J connectivity index is 4.52. The summed E-state index contributed by atoms with van der Waals surface area (Å²) in [6.07, 6.45) is 66.4. The van der Waals surface area contributed by atoms with Crippen molar-refractivity contribution in [1.29, 1.82) is 0 Å². The number of allylic oxidation sites excluding steroid dienone is 18. The first-order chi connectivity index (χ1) is 30.5. The average Bonchev–Trinajstić information content (AvgIpc) is 3.27. The van der Waals surface area contributed by atoms with Gasteiger partial charge in [0.25, 0.3) is 0 Å². The van der Waals surface area contributed by atoms with E-state index >= 15 is 0 Å². The zero-order chi connectivity index (χ0) is 45.1. The van der Waals surface area contributed by atoms with Crippen LogP contribution in [0.1, 0.15) is 207 Å². The zero-order valence-electron chi connectivity index (χ0n) is 39.8. The molecule has 0 aliphatic heterocycles. The quantitative estimate of drug-likeness (QED) is 0.0263. The molecule has 0 heterocycles. The molecule has 0 fully saturated rings. The lowest BCUT2D eigenvalue weighted by molar-refractivity contribution is -0.167. The topological polar surface area (TPSA) is 78.9 Å². The van der Waals surface area contributed by atoms with Crippen LogP contribution in [0, 0.1) is 0 Å². The van der Waals surface area contributed by atoms with Crippen LogP contribution in [-0.4, -0.2) is 37.2 Å².